The summed E-state index contributed by atoms with van der Waals surface area (Å²) in [5, 5.41) is 3.72. The zero-order chi connectivity index (χ0) is 18.8. The zero-order valence-corrected chi connectivity index (χ0v) is 15.3. The van der Waals surface area contributed by atoms with E-state index in [-0.39, 0.29) is 10.7 Å². The predicted molar refractivity (Wildman–Crippen MR) is 101 cm³/mol. The Morgan fingerprint density at radius 3 is 2.77 bits per heavy atom. The van der Waals surface area contributed by atoms with Crippen molar-refractivity contribution in [3.05, 3.63) is 64.6 Å². The van der Waals surface area contributed by atoms with Crippen LogP contribution >= 0.6 is 11.6 Å². The molecule has 0 bridgehead atoms. The molecule has 1 N–H and O–H groups in total. The van der Waals surface area contributed by atoms with Crippen molar-refractivity contribution in [1.29, 1.82) is 0 Å². The van der Waals surface area contributed by atoms with Crippen LogP contribution in [-0.2, 0) is 4.79 Å². The number of rotatable bonds is 4. The number of benzene rings is 2. The molecule has 0 fully saturated rings. The summed E-state index contributed by atoms with van der Waals surface area (Å²) in [5.74, 6) is -0.453. The number of halogens is 2. The fourth-order valence-corrected chi connectivity index (χ4v) is 2.85. The molecule has 0 unspecified atom stereocenters. The number of nitrogens with one attached hydrogen (secondary N) is 1. The van der Waals surface area contributed by atoms with E-state index in [1.54, 1.807) is 26.4 Å². The van der Waals surface area contributed by atoms with Gasteiger partial charge in [-0.25, -0.2) is 4.39 Å². The molecule has 1 amide bonds. The summed E-state index contributed by atoms with van der Waals surface area (Å²) in [6.07, 6.45) is 3.07. The lowest BCUT2D eigenvalue weighted by Crippen LogP contribution is -2.10. The number of hydrogen-bond donors (Lipinski definition) is 1. The largest absolute Gasteiger partial charge is 0.496 e. The lowest BCUT2D eigenvalue weighted by atomic mass is 10.0. The number of furan rings is 1. The van der Waals surface area contributed by atoms with E-state index in [1.807, 2.05) is 13.0 Å². The Hall–Kier alpha value is -2.79. The normalized spacial score (nSPS) is 11.7. The summed E-state index contributed by atoms with van der Waals surface area (Å²) >= 11 is 5.72. The number of allylic oxidation sites excluding steroid dienone is 1. The van der Waals surface area contributed by atoms with Gasteiger partial charge in [0, 0.05) is 28.1 Å². The number of ether oxygens (including phenoxy) is 1. The van der Waals surface area contributed by atoms with Crippen LogP contribution in [0.4, 0.5) is 10.1 Å². The first kappa shape index (κ1) is 18.0. The smallest absolute Gasteiger partial charge is 0.248 e. The number of hydrogen-bond acceptors (Lipinski definition) is 3. The number of carbonyl (C=O) groups excluding carboxylic acids is 1. The van der Waals surface area contributed by atoms with Crippen LogP contribution in [0.15, 0.2) is 47.1 Å². The Morgan fingerprint density at radius 2 is 2.08 bits per heavy atom. The number of aryl methyl sites for hydroxylation is 1. The topological polar surface area (TPSA) is 51.5 Å². The molecule has 134 valence electrons. The monoisotopic (exact) mass is 373 g/mol. The van der Waals surface area contributed by atoms with E-state index in [2.05, 4.69) is 5.32 Å². The Labute approximate surface area is 155 Å². The van der Waals surface area contributed by atoms with Crippen LogP contribution in [0, 0.1) is 12.7 Å². The van der Waals surface area contributed by atoms with Crippen LogP contribution in [0.3, 0.4) is 0 Å². The SMILES string of the molecule is COc1cc2occ(C)c2cc1/C(C)=C/C(=O)Nc1ccc(Cl)cc1F. The lowest BCUT2D eigenvalue weighted by molar-refractivity contribution is -0.111. The third-order valence-corrected chi connectivity index (χ3v) is 4.29. The van der Waals surface area contributed by atoms with Gasteiger partial charge in [0.1, 0.15) is 17.1 Å². The van der Waals surface area contributed by atoms with E-state index >= 15 is 0 Å². The highest BCUT2D eigenvalue weighted by Gasteiger charge is 2.13. The second kappa shape index (κ2) is 7.22. The molecule has 3 aromatic rings. The minimum atomic E-state index is -0.593. The van der Waals surface area contributed by atoms with E-state index in [0.717, 1.165) is 22.6 Å². The molecule has 4 nitrogen and oxygen atoms in total. The van der Waals surface area contributed by atoms with Crippen molar-refractivity contribution in [3.63, 3.8) is 0 Å². The number of carbonyl (C=O) groups is 1. The summed E-state index contributed by atoms with van der Waals surface area (Å²) in [6.45, 7) is 3.73. The van der Waals surface area contributed by atoms with Gasteiger partial charge in [-0.1, -0.05) is 11.6 Å². The molecule has 0 aliphatic rings. The molecule has 3 rings (SSSR count). The first-order chi connectivity index (χ1) is 12.4. The Balaban J connectivity index is 1.92. The fourth-order valence-electron chi connectivity index (χ4n) is 2.69. The molecule has 0 aliphatic heterocycles. The fraction of sp³-hybridized carbons (Fsp3) is 0.150. The van der Waals surface area contributed by atoms with Crippen LogP contribution in [-0.4, -0.2) is 13.0 Å². The average molecular weight is 374 g/mol. The van der Waals surface area contributed by atoms with Gasteiger partial charge < -0.3 is 14.5 Å². The van der Waals surface area contributed by atoms with E-state index in [9.17, 15) is 9.18 Å². The maximum atomic E-state index is 13.8. The molecule has 1 heterocycles. The molecule has 0 atom stereocenters. The Bertz CT molecular complexity index is 1020. The van der Waals surface area contributed by atoms with Gasteiger partial charge in [-0.05, 0) is 49.2 Å². The molecule has 0 saturated carbocycles. The first-order valence-corrected chi connectivity index (χ1v) is 8.27. The quantitative estimate of drug-likeness (QED) is 0.607. The van der Waals surface area contributed by atoms with Gasteiger partial charge in [0.25, 0.3) is 0 Å². The van der Waals surface area contributed by atoms with Crippen LogP contribution in [0.5, 0.6) is 5.75 Å². The van der Waals surface area contributed by atoms with Crippen molar-refractivity contribution in [1.82, 2.24) is 0 Å². The van der Waals surface area contributed by atoms with Crippen molar-refractivity contribution in [2.24, 2.45) is 0 Å². The van der Waals surface area contributed by atoms with Crippen molar-refractivity contribution >= 4 is 39.7 Å². The van der Waals surface area contributed by atoms with Crippen molar-refractivity contribution in [2.75, 3.05) is 12.4 Å². The number of methoxy groups -OCH3 is 1. The molecule has 0 aliphatic carbocycles. The highest BCUT2D eigenvalue weighted by Crippen LogP contribution is 2.33. The Kier molecular flexibility index (Phi) is 5.00. The lowest BCUT2D eigenvalue weighted by Gasteiger charge is -2.10. The summed E-state index contributed by atoms with van der Waals surface area (Å²) in [4.78, 5) is 12.3. The van der Waals surface area contributed by atoms with Gasteiger partial charge >= 0.3 is 0 Å². The van der Waals surface area contributed by atoms with E-state index in [0.29, 0.717) is 16.9 Å². The second-order valence-electron chi connectivity index (χ2n) is 5.91. The summed E-state index contributed by atoms with van der Waals surface area (Å²) in [7, 11) is 1.55. The van der Waals surface area contributed by atoms with Crippen molar-refractivity contribution in [3.8, 4) is 5.75 Å². The molecule has 0 saturated heterocycles. The second-order valence-corrected chi connectivity index (χ2v) is 6.34. The standard InChI is InChI=1S/C20H17ClFNO3/c1-11(6-20(24)23-17-5-4-13(21)7-16(17)22)14-8-15-12(2)10-26-19(15)9-18(14)25-3/h4-10H,1-3H3,(H,23,24)/b11-6+. The highest BCUT2D eigenvalue weighted by atomic mass is 35.5. The molecule has 6 heteroatoms. The Morgan fingerprint density at radius 1 is 1.31 bits per heavy atom. The number of amides is 1. The molecular weight excluding hydrogens is 357 g/mol. The van der Waals surface area contributed by atoms with E-state index in [4.69, 9.17) is 20.8 Å². The number of anilines is 1. The summed E-state index contributed by atoms with van der Waals surface area (Å²) in [6, 6.07) is 7.77. The van der Waals surface area contributed by atoms with E-state index < -0.39 is 11.7 Å². The molecule has 0 spiro atoms. The number of fused-ring (bicyclic) bond motifs is 1. The van der Waals surface area contributed by atoms with Crippen LogP contribution < -0.4 is 10.1 Å². The van der Waals surface area contributed by atoms with Crippen LogP contribution in [0.2, 0.25) is 5.02 Å². The van der Waals surface area contributed by atoms with Gasteiger partial charge in [-0.3, -0.25) is 4.79 Å². The first-order valence-electron chi connectivity index (χ1n) is 7.89. The maximum absolute atomic E-state index is 13.8. The predicted octanol–water partition coefficient (Wildman–Crippen LogP) is 5.58. The molecular formula is C20H17ClFNO3. The van der Waals surface area contributed by atoms with Gasteiger partial charge in [-0.2, -0.15) is 0 Å². The van der Waals surface area contributed by atoms with Crippen LogP contribution in [0.1, 0.15) is 18.1 Å². The molecule has 26 heavy (non-hydrogen) atoms. The van der Waals surface area contributed by atoms with Gasteiger partial charge in [0.15, 0.2) is 0 Å². The van der Waals surface area contributed by atoms with Crippen molar-refractivity contribution in [2.45, 2.75) is 13.8 Å². The zero-order valence-electron chi connectivity index (χ0n) is 14.5. The van der Waals surface area contributed by atoms with Crippen molar-refractivity contribution < 1.29 is 18.3 Å². The molecule has 1 aromatic heterocycles. The van der Waals surface area contributed by atoms with Crippen LogP contribution in [0.25, 0.3) is 16.5 Å². The minimum absolute atomic E-state index is 0.0662. The third kappa shape index (κ3) is 3.58. The highest BCUT2D eigenvalue weighted by molar-refractivity contribution is 6.30. The summed E-state index contributed by atoms with van der Waals surface area (Å²) < 4.78 is 24.7. The van der Waals surface area contributed by atoms with Gasteiger partial charge in [0.2, 0.25) is 5.91 Å². The minimum Gasteiger partial charge on any atom is -0.496 e. The maximum Gasteiger partial charge on any atom is 0.248 e. The van der Waals surface area contributed by atoms with E-state index in [1.165, 1.54) is 18.2 Å². The van der Waals surface area contributed by atoms with Gasteiger partial charge in [0.05, 0.1) is 19.1 Å². The average Bonchev–Trinajstić information content (AvgIpc) is 2.96. The van der Waals surface area contributed by atoms with Gasteiger partial charge in [-0.15, -0.1) is 0 Å². The molecule has 2 aromatic carbocycles. The summed E-state index contributed by atoms with van der Waals surface area (Å²) in [5.41, 5.74) is 3.21. The third-order valence-electron chi connectivity index (χ3n) is 4.05. The molecule has 0 radical (unpaired) electrons.